The van der Waals surface area contributed by atoms with E-state index < -0.39 is 29.0 Å². The van der Waals surface area contributed by atoms with Gasteiger partial charge in [0.1, 0.15) is 18.9 Å². The van der Waals surface area contributed by atoms with Crippen molar-refractivity contribution < 1.29 is 22.7 Å². The van der Waals surface area contributed by atoms with Crippen molar-refractivity contribution in [1.29, 1.82) is 0 Å². The molecular formula is C19H22F3IN4O2. The van der Waals surface area contributed by atoms with E-state index in [1.807, 2.05) is 37.3 Å². The molecule has 0 aromatic heterocycles. The van der Waals surface area contributed by atoms with Gasteiger partial charge in [0.2, 0.25) is 5.91 Å². The molecule has 0 aliphatic heterocycles. The van der Waals surface area contributed by atoms with Gasteiger partial charge in [0.15, 0.2) is 23.4 Å². The van der Waals surface area contributed by atoms with Crippen molar-refractivity contribution >= 4 is 41.5 Å². The van der Waals surface area contributed by atoms with Crippen LogP contribution >= 0.6 is 24.0 Å². The lowest BCUT2D eigenvalue weighted by Crippen LogP contribution is -2.40. The Hall–Kier alpha value is -2.50. The zero-order valence-electron chi connectivity index (χ0n) is 15.7. The topological polar surface area (TPSA) is 74.8 Å². The molecule has 0 spiro atoms. The molecule has 6 nitrogen and oxygen atoms in total. The van der Waals surface area contributed by atoms with Crippen LogP contribution < -0.4 is 20.7 Å². The van der Waals surface area contributed by atoms with Crippen LogP contribution in [0.3, 0.4) is 0 Å². The van der Waals surface area contributed by atoms with Crippen molar-refractivity contribution in [2.45, 2.75) is 6.92 Å². The molecule has 0 aliphatic rings. The first-order valence-corrected chi connectivity index (χ1v) is 8.64. The first kappa shape index (κ1) is 24.5. The van der Waals surface area contributed by atoms with Crippen molar-refractivity contribution in [3.63, 3.8) is 0 Å². The van der Waals surface area contributed by atoms with Gasteiger partial charge in [-0.3, -0.25) is 4.79 Å². The highest BCUT2D eigenvalue weighted by molar-refractivity contribution is 14.0. The van der Waals surface area contributed by atoms with Gasteiger partial charge in [0, 0.05) is 6.54 Å². The van der Waals surface area contributed by atoms with E-state index in [1.165, 1.54) is 0 Å². The number of ether oxygens (including phenoxy) is 1. The molecule has 1 amide bonds. The summed E-state index contributed by atoms with van der Waals surface area (Å²) in [5.41, 5.74) is -0.451. The number of nitrogens with one attached hydrogen (secondary N) is 3. The first-order valence-electron chi connectivity index (χ1n) is 8.64. The van der Waals surface area contributed by atoms with E-state index in [0.717, 1.165) is 17.9 Å². The molecule has 10 heteroatoms. The summed E-state index contributed by atoms with van der Waals surface area (Å²) in [7, 11) is 0. The van der Waals surface area contributed by atoms with E-state index >= 15 is 0 Å². The number of para-hydroxylation sites is 1. The summed E-state index contributed by atoms with van der Waals surface area (Å²) in [6.07, 6.45) is 0. The van der Waals surface area contributed by atoms with Gasteiger partial charge in [0.25, 0.3) is 0 Å². The lowest BCUT2D eigenvalue weighted by molar-refractivity contribution is -0.114. The van der Waals surface area contributed by atoms with Crippen molar-refractivity contribution in [3.05, 3.63) is 59.9 Å². The molecule has 2 rings (SSSR count). The number of halogens is 4. The maximum absolute atomic E-state index is 13.6. The first-order chi connectivity index (χ1) is 13.5. The average molecular weight is 522 g/mol. The van der Waals surface area contributed by atoms with E-state index in [-0.39, 0.29) is 30.5 Å². The smallest absolute Gasteiger partial charge is 0.246 e. The molecule has 0 saturated heterocycles. The Balaban J connectivity index is 0.00000420. The Kier molecular flexibility index (Phi) is 10.9. The quantitative estimate of drug-likeness (QED) is 0.164. The second-order valence-electron chi connectivity index (χ2n) is 5.55. The molecule has 158 valence electrons. The monoisotopic (exact) mass is 522 g/mol. The van der Waals surface area contributed by atoms with Gasteiger partial charge < -0.3 is 20.7 Å². The van der Waals surface area contributed by atoms with Crippen molar-refractivity contribution in [2.75, 3.05) is 31.6 Å². The molecular weight excluding hydrogens is 500 g/mol. The van der Waals surface area contributed by atoms with Gasteiger partial charge >= 0.3 is 0 Å². The number of anilines is 1. The molecule has 2 aromatic rings. The number of aliphatic imine (C=N–C) groups is 1. The number of carbonyl (C=O) groups excluding carboxylic acids is 1. The van der Waals surface area contributed by atoms with Crippen LogP contribution in [0.15, 0.2) is 47.5 Å². The van der Waals surface area contributed by atoms with Gasteiger partial charge in [-0.05, 0) is 31.2 Å². The third-order valence-electron chi connectivity index (χ3n) is 3.44. The molecule has 0 aliphatic carbocycles. The lowest BCUT2D eigenvalue weighted by Gasteiger charge is -2.12. The highest BCUT2D eigenvalue weighted by Gasteiger charge is 2.15. The predicted molar refractivity (Wildman–Crippen MR) is 116 cm³/mol. The third kappa shape index (κ3) is 8.18. The zero-order valence-corrected chi connectivity index (χ0v) is 18.0. The Labute approximate surface area is 184 Å². The zero-order chi connectivity index (χ0) is 20.4. The Bertz CT molecular complexity index is 823. The molecule has 0 radical (unpaired) electrons. The SMILES string of the molecule is CCNC(=NCC(=O)Nc1ccc(F)c(F)c1F)NCCOc1ccccc1.I. The van der Waals surface area contributed by atoms with Crippen LogP contribution in [0, 0.1) is 17.5 Å². The van der Waals surface area contributed by atoms with Gasteiger partial charge in [-0.25, -0.2) is 18.2 Å². The summed E-state index contributed by atoms with van der Waals surface area (Å²) in [6.45, 7) is 2.88. The molecule has 0 heterocycles. The van der Waals surface area contributed by atoms with Gasteiger partial charge in [-0.2, -0.15) is 0 Å². The van der Waals surface area contributed by atoms with Crippen LogP contribution in [0.5, 0.6) is 5.75 Å². The van der Waals surface area contributed by atoms with Crippen LogP contribution in [-0.4, -0.2) is 38.1 Å². The van der Waals surface area contributed by atoms with E-state index in [1.54, 1.807) is 0 Å². The Morgan fingerprint density at radius 2 is 1.76 bits per heavy atom. The Morgan fingerprint density at radius 1 is 1.03 bits per heavy atom. The number of nitrogens with zero attached hydrogens (tertiary/aromatic N) is 1. The van der Waals surface area contributed by atoms with Crippen LogP contribution in [0.4, 0.5) is 18.9 Å². The number of rotatable bonds is 8. The molecule has 3 N–H and O–H groups in total. The fourth-order valence-corrected chi connectivity index (χ4v) is 2.16. The summed E-state index contributed by atoms with van der Waals surface area (Å²) < 4.78 is 45.2. The highest BCUT2D eigenvalue weighted by Crippen LogP contribution is 2.19. The van der Waals surface area contributed by atoms with Crippen molar-refractivity contribution in [3.8, 4) is 5.75 Å². The van der Waals surface area contributed by atoms with Gasteiger partial charge in [-0.15, -0.1) is 24.0 Å². The largest absolute Gasteiger partial charge is 0.492 e. The normalized spacial score (nSPS) is 10.7. The lowest BCUT2D eigenvalue weighted by atomic mass is 10.3. The minimum absolute atomic E-state index is 0. The van der Waals surface area contributed by atoms with E-state index in [4.69, 9.17) is 4.74 Å². The number of hydrogen-bond acceptors (Lipinski definition) is 3. The van der Waals surface area contributed by atoms with Gasteiger partial charge in [0.05, 0.1) is 12.2 Å². The van der Waals surface area contributed by atoms with Crippen LogP contribution in [-0.2, 0) is 4.79 Å². The third-order valence-corrected chi connectivity index (χ3v) is 3.44. The standard InChI is InChI=1S/C19H21F3N4O2.HI/c1-2-23-19(24-10-11-28-13-6-4-3-5-7-13)25-12-16(27)26-15-9-8-14(20)17(21)18(15)22;/h3-9H,2,10-12H2,1H3,(H,26,27)(H2,23,24,25);1H. The summed E-state index contributed by atoms with van der Waals surface area (Å²) in [5.74, 6) is -4.01. The number of benzene rings is 2. The summed E-state index contributed by atoms with van der Waals surface area (Å²) in [5, 5.41) is 8.09. The number of guanidine groups is 1. The van der Waals surface area contributed by atoms with Crippen molar-refractivity contribution in [2.24, 2.45) is 4.99 Å². The Morgan fingerprint density at radius 3 is 2.45 bits per heavy atom. The maximum atomic E-state index is 13.6. The fourth-order valence-electron chi connectivity index (χ4n) is 2.16. The minimum atomic E-state index is -1.64. The number of amides is 1. The average Bonchev–Trinajstić information content (AvgIpc) is 2.70. The molecule has 0 fully saturated rings. The van der Waals surface area contributed by atoms with Crippen LogP contribution in [0.1, 0.15) is 6.92 Å². The van der Waals surface area contributed by atoms with E-state index in [0.29, 0.717) is 25.7 Å². The van der Waals surface area contributed by atoms with Crippen LogP contribution in [0.25, 0.3) is 0 Å². The summed E-state index contributed by atoms with van der Waals surface area (Å²) >= 11 is 0. The highest BCUT2D eigenvalue weighted by atomic mass is 127. The van der Waals surface area contributed by atoms with E-state index in [9.17, 15) is 18.0 Å². The summed E-state index contributed by atoms with van der Waals surface area (Å²) in [4.78, 5) is 16.0. The van der Waals surface area contributed by atoms with Crippen LogP contribution in [0.2, 0.25) is 0 Å². The molecule has 0 bridgehead atoms. The number of hydrogen-bond donors (Lipinski definition) is 3. The minimum Gasteiger partial charge on any atom is -0.492 e. The molecule has 29 heavy (non-hydrogen) atoms. The number of carbonyl (C=O) groups is 1. The molecule has 0 saturated carbocycles. The van der Waals surface area contributed by atoms with Crippen molar-refractivity contribution in [1.82, 2.24) is 10.6 Å². The van der Waals surface area contributed by atoms with Gasteiger partial charge in [-0.1, -0.05) is 18.2 Å². The summed E-state index contributed by atoms with van der Waals surface area (Å²) in [6, 6.07) is 11.0. The molecule has 2 aromatic carbocycles. The molecule has 0 atom stereocenters. The predicted octanol–water partition coefficient (Wildman–Crippen LogP) is 3.29. The second-order valence-corrected chi connectivity index (χ2v) is 5.55. The second kappa shape index (κ2) is 12.9. The maximum Gasteiger partial charge on any atom is 0.246 e. The fraction of sp³-hybridized carbons (Fsp3) is 0.263. The van der Waals surface area contributed by atoms with E-state index in [2.05, 4.69) is 20.9 Å². The molecule has 0 unspecified atom stereocenters.